The van der Waals surface area contributed by atoms with Crippen molar-refractivity contribution in [1.82, 2.24) is 14.7 Å². The van der Waals surface area contributed by atoms with Crippen LogP contribution in [-0.2, 0) is 4.79 Å². The van der Waals surface area contributed by atoms with Crippen molar-refractivity contribution < 1.29 is 14.0 Å². The summed E-state index contributed by atoms with van der Waals surface area (Å²) in [6.45, 7) is 10.7. The lowest BCUT2D eigenvalue weighted by Crippen LogP contribution is -2.46. The van der Waals surface area contributed by atoms with Crippen molar-refractivity contribution in [2.75, 3.05) is 44.6 Å². The number of carbonyl (C=O) groups is 2. The molecule has 0 spiro atoms. The second-order valence-electron chi connectivity index (χ2n) is 8.82. The van der Waals surface area contributed by atoms with Crippen LogP contribution in [0.5, 0.6) is 0 Å². The second-order valence-corrected chi connectivity index (χ2v) is 8.82. The molecule has 1 aromatic rings. The maximum absolute atomic E-state index is 13.8. The van der Waals surface area contributed by atoms with Crippen molar-refractivity contribution in [1.29, 1.82) is 0 Å². The Hall–Kier alpha value is -2.15. The highest BCUT2D eigenvalue weighted by molar-refractivity contribution is 5.90. The molecule has 6 nitrogen and oxygen atoms in total. The first-order valence-electron chi connectivity index (χ1n) is 11.2. The summed E-state index contributed by atoms with van der Waals surface area (Å²) in [5.74, 6) is -0.238. The van der Waals surface area contributed by atoms with E-state index in [0.717, 1.165) is 39.0 Å². The summed E-state index contributed by atoms with van der Waals surface area (Å²) in [6, 6.07) is 4.48. The molecule has 1 aromatic carbocycles. The van der Waals surface area contributed by atoms with Crippen molar-refractivity contribution in [3.05, 3.63) is 29.6 Å². The normalized spacial score (nSPS) is 19.5. The smallest absolute Gasteiger partial charge is 0.321 e. The molecule has 2 heterocycles. The van der Waals surface area contributed by atoms with Gasteiger partial charge in [-0.3, -0.25) is 4.79 Å². The van der Waals surface area contributed by atoms with Gasteiger partial charge in [-0.05, 0) is 64.4 Å². The van der Waals surface area contributed by atoms with Gasteiger partial charge in [0.05, 0.1) is 6.04 Å². The lowest BCUT2D eigenvalue weighted by atomic mass is 10.1. The first-order valence-corrected chi connectivity index (χ1v) is 11.2. The molecule has 0 aromatic heterocycles. The van der Waals surface area contributed by atoms with Crippen LogP contribution >= 0.6 is 0 Å². The number of hydrogen-bond acceptors (Lipinski definition) is 3. The largest absolute Gasteiger partial charge is 0.338 e. The number of hydrogen-bond donors (Lipinski definition) is 1. The van der Waals surface area contributed by atoms with E-state index in [1.54, 1.807) is 24.0 Å². The molecule has 1 unspecified atom stereocenters. The molecule has 1 N–H and O–H groups in total. The minimum absolute atomic E-state index is 0.0397. The average Bonchev–Trinajstić information content (AvgIpc) is 3.40. The molecular weight excluding hydrogens is 383 g/mol. The fraction of sp³-hybridized carbons (Fsp3) is 0.652. The van der Waals surface area contributed by atoms with Gasteiger partial charge in [-0.15, -0.1) is 0 Å². The number of urea groups is 1. The summed E-state index contributed by atoms with van der Waals surface area (Å²) in [4.78, 5) is 31.8. The molecule has 2 aliphatic rings. The van der Waals surface area contributed by atoms with E-state index in [-0.39, 0.29) is 29.7 Å². The predicted molar refractivity (Wildman–Crippen MR) is 117 cm³/mol. The molecule has 0 bridgehead atoms. The number of rotatable bonds is 7. The summed E-state index contributed by atoms with van der Waals surface area (Å²) in [6.07, 6.45) is 4.28. The predicted octanol–water partition coefficient (Wildman–Crippen LogP) is 3.71. The lowest BCUT2D eigenvalue weighted by Gasteiger charge is -2.31. The molecule has 2 fully saturated rings. The molecule has 0 radical (unpaired) electrons. The third kappa shape index (κ3) is 5.50. The van der Waals surface area contributed by atoms with Crippen molar-refractivity contribution >= 4 is 17.6 Å². The van der Waals surface area contributed by atoms with E-state index >= 15 is 0 Å². The summed E-state index contributed by atoms with van der Waals surface area (Å²) >= 11 is 0. The molecule has 2 aliphatic heterocycles. The van der Waals surface area contributed by atoms with Gasteiger partial charge in [-0.25, -0.2) is 9.18 Å². The van der Waals surface area contributed by atoms with Crippen molar-refractivity contribution in [3.63, 3.8) is 0 Å². The van der Waals surface area contributed by atoms with Gasteiger partial charge in [-0.2, -0.15) is 0 Å². The van der Waals surface area contributed by atoms with Gasteiger partial charge in [0.15, 0.2) is 0 Å². The third-order valence-corrected chi connectivity index (χ3v) is 6.25. The molecule has 7 heteroatoms. The van der Waals surface area contributed by atoms with Gasteiger partial charge in [-0.1, -0.05) is 19.9 Å². The van der Waals surface area contributed by atoms with Crippen molar-refractivity contribution in [2.24, 2.45) is 5.92 Å². The Labute approximate surface area is 179 Å². The van der Waals surface area contributed by atoms with E-state index < -0.39 is 0 Å². The zero-order chi connectivity index (χ0) is 21.7. The van der Waals surface area contributed by atoms with Gasteiger partial charge < -0.3 is 20.0 Å². The number of nitrogens with one attached hydrogen (secondary N) is 1. The van der Waals surface area contributed by atoms with Crippen LogP contribution in [0.25, 0.3) is 0 Å². The molecule has 3 rings (SSSR count). The Kier molecular flexibility index (Phi) is 7.69. The van der Waals surface area contributed by atoms with Gasteiger partial charge in [0.1, 0.15) is 5.82 Å². The van der Waals surface area contributed by atoms with Gasteiger partial charge >= 0.3 is 6.03 Å². The summed E-state index contributed by atoms with van der Waals surface area (Å²) in [7, 11) is 0. The number of likely N-dealkylation sites (tertiary alicyclic amines) is 2. The number of amides is 3. The quantitative estimate of drug-likeness (QED) is 0.734. The fourth-order valence-corrected chi connectivity index (χ4v) is 4.39. The summed E-state index contributed by atoms with van der Waals surface area (Å²) in [5, 5.41) is 2.82. The van der Waals surface area contributed by atoms with Crippen LogP contribution in [0.4, 0.5) is 14.9 Å². The monoisotopic (exact) mass is 418 g/mol. The highest BCUT2D eigenvalue weighted by Gasteiger charge is 2.33. The van der Waals surface area contributed by atoms with Crippen LogP contribution < -0.4 is 5.32 Å². The number of nitrogens with zero attached hydrogens (tertiary/aromatic N) is 3. The van der Waals surface area contributed by atoms with Gasteiger partial charge in [0.2, 0.25) is 5.91 Å². The van der Waals surface area contributed by atoms with Gasteiger partial charge in [0.25, 0.3) is 0 Å². The van der Waals surface area contributed by atoms with E-state index in [0.29, 0.717) is 24.3 Å². The Morgan fingerprint density at radius 2 is 1.97 bits per heavy atom. The maximum atomic E-state index is 13.8. The lowest BCUT2D eigenvalue weighted by molar-refractivity contribution is -0.136. The average molecular weight is 419 g/mol. The molecular formula is C23H35FN4O2. The molecule has 2 saturated heterocycles. The first-order chi connectivity index (χ1) is 14.4. The zero-order valence-electron chi connectivity index (χ0n) is 18.5. The zero-order valence-corrected chi connectivity index (χ0v) is 18.5. The number of benzene rings is 1. The summed E-state index contributed by atoms with van der Waals surface area (Å²) in [5.41, 5.74) is 0.921. The van der Waals surface area contributed by atoms with Gasteiger partial charge in [0, 0.05) is 36.8 Å². The molecule has 0 saturated carbocycles. The molecule has 30 heavy (non-hydrogen) atoms. The Bertz CT molecular complexity index is 749. The van der Waals surface area contributed by atoms with Crippen LogP contribution in [0.2, 0.25) is 0 Å². The molecule has 1 atom stereocenters. The minimum atomic E-state index is -0.334. The van der Waals surface area contributed by atoms with E-state index in [4.69, 9.17) is 0 Å². The Morgan fingerprint density at radius 1 is 1.23 bits per heavy atom. The van der Waals surface area contributed by atoms with Crippen LogP contribution in [0.1, 0.15) is 45.1 Å². The maximum Gasteiger partial charge on any atom is 0.321 e. The first kappa shape index (κ1) is 22.5. The number of anilines is 1. The van der Waals surface area contributed by atoms with E-state index in [1.807, 2.05) is 18.7 Å². The van der Waals surface area contributed by atoms with Crippen LogP contribution in [0.3, 0.4) is 0 Å². The SMILES string of the molecule is Cc1c(F)cccc1NC(=O)N1CCC(N(CCCN2CCCC2)C(=O)C(C)C)C1. The molecule has 3 amide bonds. The van der Waals surface area contributed by atoms with E-state index in [9.17, 15) is 14.0 Å². The minimum Gasteiger partial charge on any atom is -0.338 e. The molecule has 166 valence electrons. The van der Waals surface area contributed by atoms with Crippen LogP contribution in [0, 0.1) is 18.7 Å². The number of carbonyl (C=O) groups excluding carboxylic acids is 2. The van der Waals surface area contributed by atoms with Crippen molar-refractivity contribution in [3.8, 4) is 0 Å². The topological polar surface area (TPSA) is 55.9 Å². The van der Waals surface area contributed by atoms with E-state index in [2.05, 4.69) is 10.2 Å². The van der Waals surface area contributed by atoms with E-state index in [1.165, 1.54) is 18.9 Å². The Balaban J connectivity index is 1.57. The van der Waals surface area contributed by atoms with Crippen LogP contribution in [0.15, 0.2) is 18.2 Å². The Morgan fingerprint density at radius 3 is 2.67 bits per heavy atom. The third-order valence-electron chi connectivity index (χ3n) is 6.25. The second kappa shape index (κ2) is 10.2. The molecule has 0 aliphatic carbocycles. The standard InChI is InChI=1S/C23H35FN4O2/c1-17(2)22(29)28(14-7-13-26-11-4-5-12-26)19-10-15-27(16-19)23(30)25-21-9-6-8-20(24)18(21)3/h6,8-9,17,19H,4-5,7,10-16H2,1-3H3,(H,25,30). The van der Waals surface area contributed by atoms with Crippen molar-refractivity contribution in [2.45, 2.75) is 52.5 Å². The summed E-state index contributed by atoms with van der Waals surface area (Å²) < 4.78 is 13.8. The van der Waals surface area contributed by atoms with Crippen LogP contribution in [-0.4, -0.2) is 71.9 Å². The number of halogens is 1. The fourth-order valence-electron chi connectivity index (χ4n) is 4.39. The highest BCUT2D eigenvalue weighted by atomic mass is 19.1. The highest BCUT2D eigenvalue weighted by Crippen LogP contribution is 2.22.